The minimum atomic E-state index is 0.0487. The number of nitrogens with one attached hydrogen (secondary N) is 1. The van der Waals surface area contributed by atoms with Crippen LogP contribution in [0, 0.1) is 0 Å². The number of hydrogen-bond acceptors (Lipinski definition) is 2. The van der Waals surface area contributed by atoms with Crippen molar-refractivity contribution >= 4 is 5.78 Å². The third kappa shape index (κ3) is 2.94. The molecule has 0 fully saturated rings. The minimum absolute atomic E-state index is 0.0487. The molecule has 0 bridgehead atoms. The van der Waals surface area contributed by atoms with Gasteiger partial charge in [-0.3, -0.25) is 4.79 Å². The molecule has 0 saturated carbocycles. The molecule has 0 aliphatic carbocycles. The number of ketones is 1. The van der Waals surface area contributed by atoms with E-state index in [1.54, 1.807) is 0 Å². The summed E-state index contributed by atoms with van der Waals surface area (Å²) in [5.41, 5.74) is 0.0487. The molecule has 0 amide bonds. The first kappa shape index (κ1) is 11.6. The van der Waals surface area contributed by atoms with Crippen LogP contribution in [0.5, 0.6) is 0 Å². The van der Waals surface area contributed by atoms with E-state index >= 15 is 0 Å². The molecule has 2 heteroatoms. The molecule has 0 heterocycles. The monoisotopic (exact) mass is 171 g/mol. The summed E-state index contributed by atoms with van der Waals surface area (Å²) >= 11 is 0. The Morgan fingerprint density at radius 2 is 1.75 bits per heavy atom. The first-order chi connectivity index (χ1) is 5.64. The fourth-order valence-corrected chi connectivity index (χ4v) is 1.44. The van der Waals surface area contributed by atoms with Crippen molar-refractivity contribution in [2.75, 3.05) is 7.05 Å². The number of carbonyl (C=O) groups excluding carboxylic acids is 1. The van der Waals surface area contributed by atoms with E-state index in [0.717, 1.165) is 12.8 Å². The molecule has 0 aliphatic rings. The fourth-order valence-electron chi connectivity index (χ4n) is 1.44. The van der Waals surface area contributed by atoms with Gasteiger partial charge in [-0.1, -0.05) is 20.8 Å². The summed E-state index contributed by atoms with van der Waals surface area (Å²) in [6.07, 6.45) is 3.37. The highest BCUT2D eigenvalue weighted by Gasteiger charge is 2.25. The summed E-state index contributed by atoms with van der Waals surface area (Å²) in [5, 5.41) is 3.26. The van der Waals surface area contributed by atoms with Gasteiger partial charge in [0.05, 0.1) is 0 Å². The molecular formula is C10H21NO. The maximum absolute atomic E-state index is 11.3. The van der Waals surface area contributed by atoms with Gasteiger partial charge in [0, 0.05) is 18.4 Å². The van der Waals surface area contributed by atoms with E-state index in [0.29, 0.717) is 18.6 Å². The molecule has 2 nitrogen and oxygen atoms in total. The van der Waals surface area contributed by atoms with Crippen LogP contribution in [0.1, 0.15) is 46.5 Å². The molecule has 0 aromatic heterocycles. The van der Waals surface area contributed by atoms with Gasteiger partial charge < -0.3 is 5.32 Å². The molecule has 0 unspecified atom stereocenters. The van der Waals surface area contributed by atoms with Crippen LogP contribution >= 0.6 is 0 Å². The van der Waals surface area contributed by atoms with Crippen LogP contribution in [0.15, 0.2) is 0 Å². The predicted octanol–water partition coefficient (Wildman–Crippen LogP) is 2.13. The third-order valence-electron chi connectivity index (χ3n) is 2.81. The van der Waals surface area contributed by atoms with Crippen molar-refractivity contribution in [1.29, 1.82) is 0 Å². The van der Waals surface area contributed by atoms with E-state index in [1.165, 1.54) is 0 Å². The Balaban J connectivity index is 4.19. The molecule has 0 rings (SSSR count). The summed E-state index contributed by atoms with van der Waals surface area (Å²) in [4.78, 5) is 11.3. The smallest absolute Gasteiger partial charge is 0.134 e. The third-order valence-corrected chi connectivity index (χ3v) is 2.81. The highest BCUT2D eigenvalue weighted by Crippen LogP contribution is 2.19. The Morgan fingerprint density at radius 3 is 2.00 bits per heavy atom. The Labute approximate surface area is 75.7 Å². The lowest BCUT2D eigenvalue weighted by molar-refractivity contribution is -0.120. The first-order valence-electron chi connectivity index (χ1n) is 4.84. The Kier molecular flexibility index (Phi) is 5.14. The normalized spacial score (nSPS) is 11.7. The second-order valence-corrected chi connectivity index (χ2v) is 3.31. The molecule has 12 heavy (non-hydrogen) atoms. The van der Waals surface area contributed by atoms with Gasteiger partial charge in [0.1, 0.15) is 5.78 Å². The maximum Gasteiger partial charge on any atom is 0.134 e. The zero-order chi connectivity index (χ0) is 9.61. The van der Waals surface area contributed by atoms with Gasteiger partial charge in [0.2, 0.25) is 0 Å². The summed E-state index contributed by atoms with van der Waals surface area (Å²) in [6, 6.07) is 0. The molecule has 72 valence electrons. The average molecular weight is 171 g/mol. The van der Waals surface area contributed by atoms with Crippen molar-refractivity contribution in [3.05, 3.63) is 0 Å². The minimum Gasteiger partial charge on any atom is -0.314 e. The van der Waals surface area contributed by atoms with Crippen LogP contribution in [-0.2, 0) is 4.79 Å². The number of hydrogen-bond donors (Lipinski definition) is 1. The number of carbonyl (C=O) groups is 1. The number of rotatable bonds is 6. The molecule has 0 radical (unpaired) electrons. The topological polar surface area (TPSA) is 29.1 Å². The summed E-state index contributed by atoms with van der Waals surface area (Å²) in [6.45, 7) is 6.18. The molecule has 0 aromatic rings. The lowest BCUT2D eigenvalue weighted by Crippen LogP contribution is -2.43. The van der Waals surface area contributed by atoms with Gasteiger partial charge in [-0.15, -0.1) is 0 Å². The van der Waals surface area contributed by atoms with Crippen molar-refractivity contribution in [3.63, 3.8) is 0 Å². The molecule has 0 atom stereocenters. The molecule has 0 aliphatic heterocycles. The van der Waals surface area contributed by atoms with E-state index in [4.69, 9.17) is 0 Å². The van der Waals surface area contributed by atoms with Gasteiger partial charge in [-0.25, -0.2) is 0 Å². The fraction of sp³-hybridized carbons (Fsp3) is 0.900. The second kappa shape index (κ2) is 5.31. The molecule has 0 aromatic carbocycles. The van der Waals surface area contributed by atoms with Crippen LogP contribution in [-0.4, -0.2) is 18.4 Å². The lowest BCUT2D eigenvalue weighted by Gasteiger charge is -2.30. The zero-order valence-corrected chi connectivity index (χ0v) is 8.74. The molecule has 0 saturated heterocycles. The quantitative estimate of drug-likeness (QED) is 0.663. The largest absolute Gasteiger partial charge is 0.314 e. The van der Waals surface area contributed by atoms with E-state index in [2.05, 4.69) is 19.2 Å². The van der Waals surface area contributed by atoms with E-state index in [-0.39, 0.29) is 5.54 Å². The van der Waals surface area contributed by atoms with Gasteiger partial charge >= 0.3 is 0 Å². The number of Topliss-reactive ketones (excluding diaryl/α,β-unsaturated/α-hetero) is 1. The second-order valence-electron chi connectivity index (χ2n) is 3.31. The van der Waals surface area contributed by atoms with Crippen LogP contribution < -0.4 is 5.32 Å². The van der Waals surface area contributed by atoms with Crippen molar-refractivity contribution in [2.45, 2.75) is 52.0 Å². The summed E-state index contributed by atoms with van der Waals surface area (Å²) < 4.78 is 0. The van der Waals surface area contributed by atoms with Crippen LogP contribution in [0.25, 0.3) is 0 Å². The van der Waals surface area contributed by atoms with Gasteiger partial charge in [0.25, 0.3) is 0 Å². The van der Waals surface area contributed by atoms with Gasteiger partial charge in [0.15, 0.2) is 0 Å². The standard InChI is InChI=1S/C10H21NO/c1-5-9(12)8-10(6-2,7-3)11-4/h11H,5-8H2,1-4H3. The summed E-state index contributed by atoms with van der Waals surface area (Å²) in [7, 11) is 1.94. The van der Waals surface area contributed by atoms with Gasteiger partial charge in [-0.2, -0.15) is 0 Å². The molecule has 0 spiro atoms. The molecule has 1 N–H and O–H groups in total. The Hall–Kier alpha value is -0.370. The van der Waals surface area contributed by atoms with Crippen LogP contribution in [0.4, 0.5) is 0 Å². The first-order valence-corrected chi connectivity index (χ1v) is 4.84. The highest BCUT2D eigenvalue weighted by atomic mass is 16.1. The lowest BCUT2D eigenvalue weighted by atomic mass is 9.87. The van der Waals surface area contributed by atoms with Gasteiger partial charge in [-0.05, 0) is 19.9 Å². The van der Waals surface area contributed by atoms with Crippen molar-refractivity contribution in [2.24, 2.45) is 0 Å². The van der Waals surface area contributed by atoms with Crippen LogP contribution in [0.3, 0.4) is 0 Å². The average Bonchev–Trinajstić information content (AvgIpc) is 2.14. The zero-order valence-electron chi connectivity index (χ0n) is 8.74. The van der Waals surface area contributed by atoms with Crippen molar-refractivity contribution < 1.29 is 4.79 Å². The highest BCUT2D eigenvalue weighted by molar-refractivity contribution is 5.79. The van der Waals surface area contributed by atoms with Crippen LogP contribution in [0.2, 0.25) is 0 Å². The van der Waals surface area contributed by atoms with Crippen molar-refractivity contribution in [3.8, 4) is 0 Å². The molecular weight excluding hydrogens is 150 g/mol. The summed E-state index contributed by atoms with van der Waals surface area (Å²) in [5.74, 6) is 0.355. The van der Waals surface area contributed by atoms with E-state index in [1.807, 2.05) is 14.0 Å². The van der Waals surface area contributed by atoms with E-state index < -0.39 is 0 Å². The van der Waals surface area contributed by atoms with Crippen molar-refractivity contribution in [1.82, 2.24) is 5.32 Å². The Bertz CT molecular complexity index is 131. The SMILES string of the molecule is CCC(=O)CC(CC)(CC)NC. The van der Waals surface area contributed by atoms with E-state index in [9.17, 15) is 4.79 Å². The Morgan fingerprint density at radius 1 is 1.25 bits per heavy atom. The predicted molar refractivity (Wildman–Crippen MR) is 52.3 cm³/mol. The maximum atomic E-state index is 11.3.